The summed E-state index contributed by atoms with van der Waals surface area (Å²) in [5.41, 5.74) is 7.07. The number of nitrogen functional groups attached to an aromatic ring is 1. The molecule has 2 saturated heterocycles. The van der Waals surface area contributed by atoms with Gasteiger partial charge in [-0.2, -0.15) is 0 Å². The molecule has 2 fully saturated rings. The number of carbonyl (C=O) groups excluding carboxylic acids is 1. The Morgan fingerprint density at radius 3 is 2.64 bits per heavy atom. The van der Waals surface area contributed by atoms with Crippen LogP contribution in [0, 0.1) is 5.92 Å². The van der Waals surface area contributed by atoms with E-state index in [1.54, 1.807) is 12.1 Å². The van der Waals surface area contributed by atoms with Crippen molar-refractivity contribution in [1.29, 1.82) is 0 Å². The molecule has 0 saturated carbocycles. The zero-order chi connectivity index (χ0) is 15.1. The first-order chi connectivity index (χ1) is 10.7. The van der Waals surface area contributed by atoms with E-state index in [0.29, 0.717) is 47.3 Å². The number of carbonyl (C=O) groups is 1. The summed E-state index contributed by atoms with van der Waals surface area (Å²) < 4.78 is 10.6. The molecule has 22 heavy (non-hydrogen) atoms. The Labute approximate surface area is 129 Å². The molecular formula is C16H21N3O3. The fourth-order valence-corrected chi connectivity index (χ4v) is 3.87. The maximum Gasteiger partial charge on any atom is 0.231 e. The summed E-state index contributed by atoms with van der Waals surface area (Å²) in [6, 6.07) is 4.64. The molecule has 1 aromatic carbocycles. The number of fused-ring (bicyclic) bond motifs is 3. The van der Waals surface area contributed by atoms with E-state index in [-0.39, 0.29) is 12.7 Å². The Morgan fingerprint density at radius 2 is 1.91 bits per heavy atom. The maximum absolute atomic E-state index is 12.3. The molecule has 2 bridgehead atoms. The van der Waals surface area contributed by atoms with Gasteiger partial charge in [-0.15, -0.1) is 0 Å². The molecule has 3 atom stereocenters. The van der Waals surface area contributed by atoms with E-state index in [4.69, 9.17) is 15.2 Å². The van der Waals surface area contributed by atoms with Crippen molar-refractivity contribution in [2.45, 2.75) is 44.2 Å². The third-order valence-corrected chi connectivity index (χ3v) is 4.86. The van der Waals surface area contributed by atoms with Crippen LogP contribution < -0.4 is 25.8 Å². The van der Waals surface area contributed by atoms with Crippen LogP contribution in [0.2, 0.25) is 0 Å². The summed E-state index contributed by atoms with van der Waals surface area (Å²) in [6.45, 7) is 0.198. The Bertz CT molecular complexity index is 593. The molecule has 1 aromatic rings. The molecule has 6 nitrogen and oxygen atoms in total. The highest BCUT2D eigenvalue weighted by atomic mass is 16.7. The lowest BCUT2D eigenvalue weighted by molar-refractivity contribution is -0.117. The molecular weight excluding hydrogens is 282 g/mol. The predicted molar refractivity (Wildman–Crippen MR) is 82.9 cm³/mol. The van der Waals surface area contributed by atoms with Crippen LogP contribution in [-0.4, -0.2) is 24.8 Å². The van der Waals surface area contributed by atoms with Crippen molar-refractivity contribution >= 4 is 17.3 Å². The van der Waals surface area contributed by atoms with Crippen molar-refractivity contribution in [2.75, 3.05) is 17.8 Å². The Hall–Kier alpha value is -1.95. The number of hydrogen-bond donors (Lipinski definition) is 3. The fraction of sp³-hybridized carbons (Fsp3) is 0.562. The fourth-order valence-electron chi connectivity index (χ4n) is 3.87. The summed E-state index contributed by atoms with van der Waals surface area (Å²) >= 11 is 0. The van der Waals surface area contributed by atoms with E-state index < -0.39 is 0 Å². The van der Waals surface area contributed by atoms with Gasteiger partial charge in [0.15, 0.2) is 11.5 Å². The minimum absolute atomic E-state index is 0.0249. The molecule has 0 radical (unpaired) electrons. The van der Waals surface area contributed by atoms with Gasteiger partial charge < -0.3 is 25.8 Å². The Kier molecular flexibility index (Phi) is 3.33. The normalized spacial score (nSPS) is 28.6. The van der Waals surface area contributed by atoms with Crippen LogP contribution in [0.3, 0.4) is 0 Å². The number of amides is 1. The van der Waals surface area contributed by atoms with Gasteiger partial charge in [0.2, 0.25) is 12.7 Å². The van der Waals surface area contributed by atoms with Crippen LogP contribution in [0.25, 0.3) is 0 Å². The van der Waals surface area contributed by atoms with Crippen molar-refractivity contribution < 1.29 is 14.3 Å². The average molecular weight is 303 g/mol. The number of ether oxygens (including phenoxy) is 2. The Morgan fingerprint density at radius 1 is 1.23 bits per heavy atom. The molecule has 0 aromatic heterocycles. The number of rotatable bonds is 3. The number of piperidine rings is 1. The standard InChI is InChI=1S/C16H21N3O3/c17-12-6-14-15(22-8-21-14)7-13(12)19-16(20)5-9-3-10-1-2-11(4-9)18-10/h6-7,9-11,18H,1-5,8,17H2,(H,19,20)/t9?,10-,11+. The van der Waals surface area contributed by atoms with Gasteiger partial charge in [0.25, 0.3) is 0 Å². The van der Waals surface area contributed by atoms with Crippen molar-refractivity contribution in [2.24, 2.45) is 5.92 Å². The summed E-state index contributed by atoms with van der Waals surface area (Å²) in [7, 11) is 0. The first kappa shape index (κ1) is 13.7. The molecule has 4 N–H and O–H groups in total. The maximum atomic E-state index is 12.3. The van der Waals surface area contributed by atoms with Gasteiger partial charge in [-0.1, -0.05) is 0 Å². The number of benzene rings is 1. The van der Waals surface area contributed by atoms with E-state index in [1.165, 1.54) is 12.8 Å². The lowest BCUT2D eigenvalue weighted by Gasteiger charge is -2.28. The van der Waals surface area contributed by atoms with Gasteiger partial charge in [0.1, 0.15) is 0 Å². The second-order valence-corrected chi connectivity index (χ2v) is 6.52. The molecule has 3 aliphatic rings. The summed E-state index contributed by atoms with van der Waals surface area (Å²) in [4.78, 5) is 12.3. The largest absolute Gasteiger partial charge is 0.454 e. The van der Waals surface area contributed by atoms with Gasteiger partial charge in [-0.3, -0.25) is 4.79 Å². The van der Waals surface area contributed by atoms with E-state index in [9.17, 15) is 4.79 Å². The molecule has 3 heterocycles. The second kappa shape index (κ2) is 5.35. The molecule has 6 heteroatoms. The second-order valence-electron chi connectivity index (χ2n) is 6.52. The highest BCUT2D eigenvalue weighted by Gasteiger charge is 2.34. The van der Waals surface area contributed by atoms with Crippen molar-refractivity contribution in [3.63, 3.8) is 0 Å². The van der Waals surface area contributed by atoms with Gasteiger partial charge in [-0.05, 0) is 31.6 Å². The average Bonchev–Trinajstić information content (AvgIpc) is 3.05. The van der Waals surface area contributed by atoms with E-state index in [1.807, 2.05) is 0 Å². The van der Waals surface area contributed by atoms with Gasteiger partial charge in [0, 0.05) is 30.6 Å². The van der Waals surface area contributed by atoms with E-state index in [2.05, 4.69) is 10.6 Å². The molecule has 3 aliphatic heterocycles. The number of nitrogens with one attached hydrogen (secondary N) is 2. The number of anilines is 2. The molecule has 4 rings (SSSR count). The highest BCUT2D eigenvalue weighted by Crippen LogP contribution is 2.38. The predicted octanol–water partition coefficient (Wildman–Crippen LogP) is 1.86. The van der Waals surface area contributed by atoms with Gasteiger partial charge in [0.05, 0.1) is 11.4 Å². The van der Waals surface area contributed by atoms with Gasteiger partial charge >= 0.3 is 0 Å². The first-order valence-electron chi connectivity index (χ1n) is 7.92. The minimum atomic E-state index is 0.0249. The monoisotopic (exact) mass is 303 g/mol. The zero-order valence-corrected chi connectivity index (χ0v) is 12.4. The topological polar surface area (TPSA) is 85.6 Å². The van der Waals surface area contributed by atoms with Crippen LogP contribution in [0.4, 0.5) is 11.4 Å². The number of hydrogen-bond acceptors (Lipinski definition) is 5. The molecule has 0 spiro atoms. The summed E-state index contributed by atoms with van der Waals surface area (Å²) in [6.07, 6.45) is 5.25. The van der Waals surface area contributed by atoms with Crippen LogP contribution in [0.1, 0.15) is 32.1 Å². The third-order valence-electron chi connectivity index (χ3n) is 4.86. The van der Waals surface area contributed by atoms with E-state index in [0.717, 1.165) is 12.8 Å². The minimum Gasteiger partial charge on any atom is -0.454 e. The molecule has 1 unspecified atom stereocenters. The zero-order valence-electron chi connectivity index (χ0n) is 12.4. The SMILES string of the molecule is Nc1cc2c(cc1NC(=O)CC1C[C@H]3CC[C@@H](C1)N3)OCO2. The Balaban J connectivity index is 1.40. The van der Waals surface area contributed by atoms with Crippen LogP contribution in [-0.2, 0) is 4.79 Å². The lowest BCUT2D eigenvalue weighted by Crippen LogP contribution is -2.39. The molecule has 0 aliphatic carbocycles. The smallest absolute Gasteiger partial charge is 0.231 e. The van der Waals surface area contributed by atoms with Crippen LogP contribution in [0.5, 0.6) is 11.5 Å². The van der Waals surface area contributed by atoms with Crippen molar-refractivity contribution in [3.8, 4) is 11.5 Å². The first-order valence-corrected chi connectivity index (χ1v) is 7.92. The highest BCUT2D eigenvalue weighted by molar-refractivity contribution is 5.94. The van der Waals surface area contributed by atoms with Gasteiger partial charge in [-0.25, -0.2) is 0 Å². The molecule has 118 valence electrons. The van der Waals surface area contributed by atoms with E-state index >= 15 is 0 Å². The quantitative estimate of drug-likeness (QED) is 0.742. The molecule has 1 amide bonds. The lowest BCUT2D eigenvalue weighted by atomic mass is 9.89. The van der Waals surface area contributed by atoms with Crippen LogP contribution in [0.15, 0.2) is 12.1 Å². The van der Waals surface area contributed by atoms with Crippen LogP contribution >= 0.6 is 0 Å². The van der Waals surface area contributed by atoms with Crippen molar-refractivity contribution in [1.82, 2.24) is 5.32 Å². The summed E-state index contributed by atoms with van der Waals surface area (Å²) in [5, 5.41) is 6.52. The third kappa shape index (κ3) is 2.59. The summed E-state index contributed by atoms with van der Waals surface area (Å²) in [5.74, 6) is 1.75. The number of nitrogens with two attached hydrogens (primary N) is 1. The van der Waals surface area contributed by atoms with Crippen molar-refractivity contribution in [3.05, 3.63) is 12.1 Å².